The van der Waals surface area contributed by atoms with E-state index in [2.05, 4.69) is 153 Å². The van der Waals surface area contributed by atoms with E-state index in [0.717, 1.165) is 67.3 Å². The smallest absolute Gasteiger partial charge is 0.168 e. The van der Waals surface area contributed by atoms with Gasteiger partial charge in [0.25, 0.3) is 0 Å². The first-order valence-electron chi connectivity index (χ1n) is 15.7. The summed E-state index contributed by atoms with van der Waals surface area (Å²) in [6, 6.07) is 56.6. The van der Waals surface area contributed by atoms with Crippen molar-refractivity contribution < 1.29 is 4.74 Å². The maximum absolute atomic E-state index is 6.58. The van der Waals surface area contributed by atoms with E-state index < -0.39 is 0 Å². The first-order valence-corrected chi connectivity index (χ1v) is 15.7. The Bertz CT molecular complexity index is 2550. The minimum absolute atomic E-state index is 0.759. The number of nitrogens with zero attached hydrogens (tertiary/aromatic N) is 4. The molecule has 0 saturated heterocycles. The first kappa shape index (κ1) is 26.9. The number of ether oxygens (including phenoxy) is 1. The van der Waals surface area contributed by atoms with Crippen molar-refractivity contribution in [1.29, 1.82) is 0 Å². The highest BCUT2D eigenvalue weighted by Crippen LogP contribution is 2.36. The van der Waals surface area contributed by atoms with Crippen molar-refractivity contribution in [2.24, 2.45) is 0 Å². The Hall–Kier alpha value is -6.46. The lowest BCUT2D eigenvalue weighted by Gasteiger charge is -2.11. The van der Waals surface area contributed by atoms with Crippen molar-refractivity contribution >= 4 is 32.8 Å². The van der Waals surface area contributed by atoms with Gasteiger partial charge in [-0.05, 0) is 71.8 Å². The summed E-state index contributed by atoms with van der Waals surface area (Å²) in [5.41, 5.74) is 8.80. The molecule has 9 aromatic rings. The Labute approximate surface area is 271 Å². The van der Waals surface area contributed by atoms with Gasteiger partial charge in [-0.3, -0.25) is 4.57 Å². The predicted octanol–water partition coefficient (Wildman–Crippen LogP) is 10.7. The maximum Gasteiger partial charge on any atom is 0.168 e. The second-order valence-electron chi connectivity index (χ2n) is 11.6. The SMILES string of the molecule is c1ccc(-c2ccnc(-n3c4ccccc4c4ccc(Oc5cccc(-n6[cH+]n(-c7ccccc7)c7ccccc76)c5)cc43)c2)cc1. The van der Waals surface area contributed by atoms with Gasteiger partial charge in [-0.2, -0.15) is 9.13 Å². The second-order valence-corrected chi connectivity index (χ2v) is 11.6. The van der Waals surface area contributed by atoms with Crippen LogP contribution in [0.15, 0.2) is 176 Å². The van der Waals surface area contributed by atoms with Gasteiger partial charge >= 0.3 is 0 Å². The zero-order valence-corrected chi connectivity index (χ0v) is 25.4. The fourth-order valence-electron chi connectivity index (χ4n) is 6.56. The Morgan fingerprint density at radius 3 is 1.89 bits per heavy atom. The predicted molar refractivity (Wildman–Crippen MR) is 191 cm³/mol. The molecule has 0 saturated carbocycles. The molecular weight excluding hydrogens is 576 g/mol. The Morgan fingerprint density at radius 1 is 0.447 bits per heavy atom. The molecule has 6 aromatic carbocycles. The molecule has 0 amide bonds. The number of aromatic nitrogens is 4. The molecule has 0 N–H and O–H groups in total. The van der Waals surface area contributed by atoms with Crippen LogP contribution in [0.4, 0.5) is 0 Å². The number of rotatable bonds is 6. The molecule has 5 nitrogen and oxygen atoms in total. The number of fused-ring (bicyclic) bond motifs is 4. The highest BCUT2D eigenvalue weighted by atomic mass is 16.5. The molecule has 3 heterocycles. The monoisotopic (exact) mass is 605 g/mol. The molecule has 47 heavy (non-hydrogen) atoms. The Balaban J connectivity index is 1.13. The number of hydrogen-bond donors (Lipinski definition) is 0. The molecular formula is C42H29N4O+. The maximum atomic E-state index is 6.58. The van der Waals surface area contributed by atoms with Crippen LogP contribution in [-0.2, 0) is 0 Å². The lowest BCUT2D eigenvalue weighted by molar-refractivity contribution is 0.483. The minimum Gasteiger partial charge on any atom is -0.456 e. The van der Waals surface area contributed by atoms with Gasteiger partial charge in [0, 0.05) is 41.2 Å². The topological polar surface area (TPSA) is 36.9 Å². The molecule has 0 radical (unpaired) electrons. The highest BCUT2D eigenvalue weighted by molar-refractivity contribution is 6.09. The van der Waals surface area contributed by atoms with Gasteiger partial charge in [-0.25, -0.2) is 4.98 Å². The minimum atomic E-state index is 0.759. The summed E-state index contributed by atoms with van der Waals surface area (Å²) in [7, 11) is 0. The van der Waals surface area contributed by atoms with Gasteiger partial charge in [-0.1, -0.05) is 78.9 Å². The van der Waals surface area contributed by atoms with Crippen molar-refractivity contribution in [2.45, 2.75) is 0 Å². The summed E-state index contributed by atoms with van der Waals surface area (Å²) in [6.07, 6.45) is 4.02. The summed E-state index contributed by atoms with van der Waals surface area (Å²) in [6.45, 7) is 0. The van der Waals surface area contributed by atoms with Crippen molar-refractivity contribution in [3.63, 3.8) is 0 Å². The summed E-state index contributed by atoms with van der Waals surface area (Å²) in [4.78, 5) is 4.83. The van der Waals surface area contributed by atoms with Crippen molar-refractivity contribution in [1.82, 2.24) is 18.7 Å². The van der Waals surface area contributed by atoms with Crippen LogP contribution in [0.3, 0.4) is 0 Å². The van der Waals surface area contributed by atoms with E-state index in [4.69, 9.17) is 9.72 Å². The molecule has 0 spiro atoms. The second kappa shape index (κ2) is 11.2. The number of para-hydroxylation sites is 4. The van der Waals surface area contributed by atoms with Gasteiger partial charge in [0.15, 0.2) is 17.4 Å². The molecule has 222 valence electrons. The van der Waals surface area contributed by atoms with Gasteiger partial charge in [-0.15, -0.1) is 0 Å². The third-order valence-electron chi connectivity index (χ3n) is 8.72. The quantitative estimate of drug-likeness (QED) is 0.177. The lowest BCUT2D eigenvalue weighted by Crippen LogP contribution is -1.98. The molecule has 0 aliphatic carbocycles. The first-order chi connectivity index (χ1) is 23.3. The van der Waals surface area contributed by atoms with Crippen LogP contribution >= 0.6 is 0 Å². The van der Waals surface area contributed by atoms with E-state index in [0.29, 0.717) is 0 Å². The number of benzene rings is 6. The van der Waals surface area contributed by atoms with Crippen LogP contribution in [-0.4, -0.2) is 18.7 Å². The van der Waals surface area contributed by atoms with Gasteiger partial charge in [0.05, 0.1) is 11.0 Å². The number of hydrogen-bond acceptors (Lipinski definition) is 2. The average molecular weight is 606 g/mol. The molecule has 0 fully saturated rings. The van der Waals surface area contributed by atoms with E-state index in [9.17, 15) is 0 Å². The number of imidazole rings is 1. The van der Waals surface area contributed by atoms with Crippen LogP contribution in [0, 0.1) is 0 Å². The summed E-state index contributed by atoms with van der Waals surface area (Å²) in [5, 5.41) is 2.33. The van der Waals surface area contributed by atoms with E-state index in [1.807, 2.05) is 36.5 Å². The molecule has 0 aliphatic heterocycles. The average Bonchev–Trinajstić information content (AvgIpc) is 3.69. The van der Waals surface area contributed by atoms with E-state index in [1.54, 1.807) is 0 Å². The molecule has 0 unspecified atom stereocenters. The lowest BCUT2D eigenvalue weighted by atomic mass is 10.1. The van der Waals surface area contributed by atoms with Crippen molar-refractivity contribution in [3.8, 4) is 39.8 Å². The van der Waals surface area contributed by atoms with Crippen molar-refractivity contribution in [2.75, 3.05) is 0 Å². The van der Waals surface area contributed by atoms with E-state index in [1.165, 1.54) is 5.39 Å². The highest BCUT2D eigenvalue weighted by Gasteiger charge is 2.18. The fraction of sp³-hybridized carbons (Fsp3) is 0. The zero-order valence-electron chi connectivity index (χ0n) is 25.4. The van der Waals surface area contributed by atoms with Crippen LogP contribution in [0.2, 0.25) is 0 Å². The van der Waals surface area contributed by atoms with Gasteiger partial charge in [0.1, 0.15) is 28.7 Å². The molecule has 0 atom stereocenters. The van der Waals surface area contributed by atoms with E-state index in [-0.39, 0.29) is 0 Å². The van der Waals surface area contributed by atoms with Crippen LogP contribution in [0.25, 0.3) is 61.2 Å². The number of pyridine rings is 1. The van der Waals surface area contributed by atoms with Gasteiger partial charge < -0.3 is 4.74 Å². The fourth-order valence-corrected chi connectivity index (χ4v) is 6.56. The zero-order chi connectivity index (χ0) is 31.2. The van der Waals surface area contributed by atoms with Crippen LogP contribution < -0.4 is 4.74 Å². The molecule has 5 heteroatoms. The summed E-state index contributed by atoms with van der Waals surface area (Å²) < 4.78 is 13.2. The van der Waals surface area contributed by atoms with Gasteiger partial charge in [0.2, 0.25) is 0 Å². The van der Waals surface area contributed by atoms with Crippen LogP contribution in [0.1, 0.15) is 0 Å². The van der Waals surface area contributed by atoms with Crippen LogP contribution in [0.5, 0.6) is 11.5 Å². The molecule has 3 aromatic heterocycles. The molecule has 0 aliphatic rings. The normalized spacial score (nSPS) is 11.4. The Kier molecular flexibility index (Phi) is 6.39. The largest absolute Gasteiger partial charge is 0.456 e. The summed E-state index contributed by atoms with van der Waals surface area (Å²) in [5.74, 6) is 2.38. The molecule has 0 bridgehead atoms. The summed E-state index contributed by atoms with van der Waals surface area (Å²) >= 11 is 0. The Morgan fingerprint density at radius 2 is 1.09 bits per heavy atom. The molecule has 9 rings (SSSR count). The van der Waals surface area contributed by atoms with Crippen molar-refractivity contribution in [3.05, 3.63) is 176 Å². The van der Waals surface area contributed by atoms with E-state index >= 15 is 0 Å². The third-order valence-corrected chi connectivity index (χ3v) is 8.72. The third kappa shape index (κ3) is 4.73. The standard InChI is InChI=1S/C42H29N4O/c1-3-12-30(13-4-1)31-24-25-43-42(26-31)46-38-19-8-7-18-36(38)37-23-22-35(28-41(37)46)47-34-17-11-16-33(27-34)45-29-44(32-14-5-2-6-15-32)39-20-9-10-21-40(39)45/h1-29H/q+1.